The SMILES string of the molecule is c1ccc(-n2c3ccccc3c3cc(-c4cc5cc6oc7ccccc7c6cc5c5cc6c(cc45)c4ccccc4n6-c4ccccc4)ccc32)cc1.c1ccc(-n2c3ccccc3c3cc4c(-c5csc6ccccc56)cc5cc6oc7ccccc7c6cc5c4cc32)cc1.c1ccc(N(c2ccccc2)c2ccc(-c3cc4cc5oc6ccccc6c5cc4c4cc5c(cc34)c3ccccc3n5-c3ccccc3)cc2)cc1. The van der Waals surface area contributed by atoms with E-state index in [1.807, 2.05) is 29.5 Å². The summed E-state index contributed by atoms with van der Waals surface area (Å²) in [6.45, 7) is 0. The van der Waals surface area contributed by atoms with Crippen molar-refractivity contribution >= 4 is 256 Å². The molecule has 0 aliphatic rings. The number of fused-ring (bicyclic) bond motifs is 31. The minimum atomic E-state index is 0.903. The molecule has 0 saturated carbocycles. The van der Waals surface area contributed by atoms with Gasteiger partial charge in [0.25, 0.3) is 0 Å². The normalized spacial score (nSPS) is 12.0. The molecule has 0 aliphatic carbocycles. The molecule has 0 bridgehead atoms. The number of aromatic nitrogens is 4. The molecule has 8 heterocycles. The standard InChI is InChI=1S/C50H30N2O.C50H32N2O.C40H23NOS/c1-3-13-33(14-4-1)51-45-20-10-7-17-35(45)42-25-31(23-24-47(42)51)38-26-32-27-50-44(37-19-9-12-22-49(37)53-50)28-39(32)41-30-48-43(29-40(38)41)36-18-8-11-21-46(36)52(48)34-15-5-2-6-16-34;1-4-14-35(15-5-1)51(36-16-6-2-7-17-36)38-26-24-33(25-27-38)41-28-34-29-50-46(40-21-11-13-23-49(40)53-50)30-42(34)44-32-48-45(31-43(41)44)39-20-10-12-22-47(39)52(48)37-18-8-3-9-19-37;1-2-10-25(11-3-1)41-36-15-7-4-12-26(36)33-21-31-30(35-23-43-40-17-9-6-14-28(35)40)18-24-19-39-34(20-29(24)32(31)22-37(33)41)27-13-5-8-16-38(27)42-39/h1-30H;1-32H;1-23H. The zero-order chi connectivity index (χ0) is 97.6. The first kappa shape index (κ1) is 84.0. The van der Waals surface area contributed by atoms with Gasteiger partial charge in [-0.15, -0.1) is 11.3 Å². The summed E-state index contributed by atoms with van der Waals surface area (Å²) in [6, 6.07) is 184. The molecule has 149 heavy (non-hydrogen) atoms. The Morgan fingerprint density at radius 3 is 0.826 bits per heavy atom. The third-order valence-corrected chi connectivity index (χ3v) is 32.0. The molecule has 0 atom stereocenters. The summed E-state index contributed by atoms with van der Waals surface area (Å²) in [5.74, 6) is 0. The zero-order valence-corrected chi connectivity index (χ0v) is 81.3. The zero-order valence-electron chi connectivity index (χ0n) is 80.4. The third-order valence-electron chi connectivity index (χ3n) is 31.0. The third kappa shape index (κ3) is 13.3. The van der Waals surface area contributed by atoms with E-state index in [2.05, 4.69) is 520 Å². The summed E-state index contributed by atoms with van der Waals surface area (Å²) < 4.78 is 30.2. The van der Waals surface area contributed by atoms with E-state index in [0.29, 0.717) is 0 Å². The highest BCUT2D eigenvalue weighted by Crippen LogP contribution is 2.52. The van der Waals surface area contributed by atoms with Gasteiger partial charge in [0, 0.05) is 131 Å². The molecule has 33 rings (SSSR count). The number of hydrogen-bond donors (Lipinski definition) is 0. The summed E-state index contributed by atoms with van der Waals surface area (Å²) in [6.07, 6.45) is 0. The summed E-state index contributed by atoms with van der Waals surface area (Å²) in [7, 11) is 0. The van der Waals surface area contributed by atoms with E-state index in [4.69, 9.17) is 13.3 Å². The highest BCUT2D eigenvalue weighted by molar-refractivity contribution is 7.17. The number of furan rings is 3. The van der Waals surface area contributed by atoms with Gasteiger partial charge in [-0.05, 0) is 334 Å². The van der Waals surface area contributed by atoms with E-state index in [1.54, 1.807) is 0 Å². The van der Waals surface area contributed by atoms with Gasteiger partial charge in [0.2, 0.25) is 0 Å². The molecule has 0 N–H and O–H groups in total. The lowest BCUT2D eigenvalue weighted by Gasteiger charge is -2.25. The molecule has 0 unspecified atom stereocenters. The Morgan fingerprint density at radius 1 is 0.154 bits per heavy atom. The molecular weight excluding hydrogens is 1830 g/mol. The Hall–Kier alpha value is -19.6. The molecule has 8 nitrogen and oxygen atoms in total. The quantitative estimate of drug-likeness (QED) is 0.128. The van der Waals surface area contributed by atoms with Crippen molar-refractivity contribution in [3.8, 4) is 56.1 Å². The second kappa shape index (κ2) is 33.5. The first-order chi connectivity index (χ1) is 73.9. The van der Waals surface area contributed by atoms with Crippen LogP contribution in [0, 0.1) is 0 Å². The number of rotatable bonds is 10. The summed E-state index contributed by atoms with van der Waals surface area (Å²) in [5, 5.41) is 35.1. The number of nitrogens with zero attached hydrogens (tertiary/aromatic N) is 5. The van der Waals surface area contributed by atoms with E-state index in [9.17, 15) is 0 Å². The summed E-state index contributed by atoms with van der Waals surface area (Å²) >= 11 is 1.81. The van der Waals surface area contributed by atoms with Crippen LogP contribution in [0.4, 0.5) is 17.1 Å². The van der Waals surface area contributed by atoms with E-state index in [-0.39, 0.29) is 0 Å². The molecule has 0 radical (unpaired) electrons. The number of para-hydroxylation sites is 13. The van der Waals surface area contributed by atoms with Gasteiger partial charge in [-0.3, -0.25) is 0 Å². The average molecular weight is 1920 g/mol. The van der Waals surface area contributed by atoms with Crippen LogP contribution in [0.1, 0.15) is 0 Å². The highest BCUT2D eigenvalue weighted by Gasteiger charge is 2.27. The minimum Gasteiger partial charge on any atom is -0.456 e. The van der Waals surface area contributed by atoms with E-state index >= 15 is 0 Å². The van der Waals surface area contributed by atoms with Gasteiger partial charge in [-0.25, -0.2) is 0 Å². The van der Waals surface area contributed by atoms with Crippen LogP contribution in [0.15, 0.2) is 528 Å². The van der Waals surface area contributed by atoms with Gasteiger partial charge in [0.1, 0.15) is 33.5 Å². The molecule has 0 spiro atoms. The van der Waals surface area contributed by atoms with E-state index < -0.39 is 0 Å². The van der Waals surface area contributed by atoms with Gasteiger partial charge in [-0.2, -0.15) is 0 Å². The molecule has 8 aromatic heterocycles. The van der Waals surface area contributed by atoms with Crippen LogP contribution in [0.5, 0.6) is 0 Å². The molecule has 9 heteroatoms. The second-order valence-electron chi connectivity index (χ2n) is 39.2. The monoisotopic (exact) mass is 1920 g/mol. The molecule has 33 aromatic rings. The fourth-order valence-electron chi connectivity index (χ4n) is 24.3. The van der Waals surface area contributed by atoms with Crippen molar-refractivity contribution in [1.29, 1.82) is 0 Å². The van der Waals surface area contributed by atoms with Crippen LogP contribution < -0.4 is 4.90 Å². The van der Waals surface area contributed by atoms with Crippen LogP contribution in [-0.2, 0) is 0 Å². The van der Waals surface area contributed by atoms with Crippen molar-refractivity contribution in [3.05, 3.63) is 515 Å². The lowest BCUT2D eigenvalue weighted by molar-refractivity contribution is 0.669. The lowest BCUT2D eigenvalue weighted by atomic mass is 9.91. The van der Waals surface area contributed by atoms with Gasteiger partial charge in [-0.1, -0.05) is 273 Å². The van der Waals surface area contributed by atoms with Gasteiger partial charge >= 0.3 is 0 Å². The Bertz CT molecular complexity index is 11300. The predicted molar refractivity (Wildman–Crippen MR) is 630 cm³/mol. The van der Waals surface area contributed by atoms with Gasteiger partial charge in [0.05, 0.1) is 44.1 Å². The molecule has 0 saturated heterocycles. The number of hydrogen-bond acceptors (Lipinski definition) is 5. The summed E-state index contributed by atoms with van der Waals surface area (Å²) in [5.41, 5.74) is 30.4. The Morgan fingerprint density at radius 2 is 0.436 bits per heavy atom. The molecule has 694 valence electrons. The molecule has 0 aliphatic heterocycles. The number of benzene rings is 25. The molecule has 25 aromatic carbocycles. The minimum absolute atomic E-state index is 0.903. The van der Waals surface area contributed by atoms with E-state index in [0.717, 1.165) is 116 Å². The number of thiophene rings is 1. The molecule has 0 fully saturated rings. The van der Waals surface area contributed by atoms with Crippen LogP contribution in [0.25, 0.3) is 284 Å². The second-order valence-corrected chi connectivity index (χ2v) is 40.1. The van der Waals surface area contributed by atoms with Crippen molar-refractivity contribution in [2.45, 2.75) is 0 Å². The highest BCUT2D eigenvalue weighted by atomic mass is 32.1. The topological polar surface area (TPSA) is 62.4 Å². The van der Waals surface area contributed by atoms with Gasteiger partial charge < -0.3 is 36.4 Å². The van der Waals surface area contributed by atoms with Crippen molar-refractivity contribution in [1.82, 2.24) is 18.3 Å². The largest absolute Gasteiger partial charge is 0.456 e. The van der Waals surface area contributed by atoms with Gasteiger partial charge in [0.15, 0.2) is 0 Å². The maximum atomic E-state index is 6.45. The Labute approximate surface area is 857 Å². The number of anilines is 3. The molecule has 0 amide bonds. The van der Waals surface area contributed by atoms with Crippen molar-refractivity contribution in [3.63, 3.8) is 0 Å². The predicted octanol–water partition coefficient (Wildman–Crippen LogP) is 39.8. The van der Waals surface area contributed by atoms with E-state index in [1.165, 1.54) is 185 Å². The van der Waals surface area contributed by atoms with Crippen LogP contribution in [0.3, 0.4) is 0 Å². The fraction of sp³-hybridized carbons (Fsp3) is 0. The first-order valence-electron chi connectivity index (χ1n) is 50.9. The smallest absolute Gasteiger partial charge is 0.136 e. The Balaban J connectivity index is 0.000000101. The van der Waals surface area contributed by atoms with Crippen LogP contribution in [-0.4, -0.2) is 18.3 Å². The summed E-state index contributed by atoms with van der Waals surface area (Å²) in [4.78, 5) is 2.31. The molecular formula is C140H85N5O3S. The maximum Gasteiger partial charge on any atom is 0.136 e. The van der Waals surface area contributed by atoms with Crippen molar-refractivity contribution in [2.24, 2.45) is 0 Å². The fourth-order valence-corrected chi connectivity index (χ4v) is 25.3. The average Bonchev–Trinajstić information content (AvgIpc) is 1.64. The maximum absolute atomic E-state index is 6.45. The Kier molecular flexibility index (Phi) is 18.9. The van der Waals surface area contributed by atoms with Crippen LogP contribution in [0.2, 0.25) is 0 Å². The van der Waals surface area contributed by atoms with Crippen LogP contribution >= 0.6 is 11.3 Å². The van der Waals surface area contributed by atoms with Crippen molar-refractivity contribution < 1.29 is 13.3 Å². The first-order valence-corrected chi connectivity index (χ1v) is 51.7. The lowest BCUT2D eigenvalue weighted by Crippen LogP contribution is -2.09. The van der Waals surface area contributed by atoms with Crippen molar-refractivity contribution in [2.75, 3.05) is 4.90 Å².